The lowest BCUT2D eigenvalue weighted by atomic mass is 10.2. The third kappa shape index (κ3) is 38.5. The molecule has 0 aliphatic heterocycles. The summed E-state index contributed by atoms with van der Waals surface area (Å²) in [5.74, 6) is 0.167. The van der Waals surface area contributed by atoms with E-state index in [4.69, 9.17) is 10.2 Å². The van der Waals surface area contributed by atoms with E-state index in [-0.39, 0.29) is 12.4 Å². The number of aliphatic hydroxyl groups excluding tert-OH is 2. The van der Waals surface area contributed by atoms with Gasteiger partial charge in [-0.15, -0.1) is 0 Å². The van der Waals surface area contributed by atoms with Crippen LogP contribution in [0.2, 0.25) is 0 Å². The third-order valence-corrected chi connectivity index (χ3v) is 0.940. The van der Waals surface area contributed by atoms with Gasteiger partial charge in [0.05, 0.1) is 0 Å². The lowest BCUT2D eigenvalue weighted by Gasteiger charge is -1.82. The second-order valence-electron chi connectivity index (χ2n) is 2.88. The Morgan fingerprint density at radius 3 is 1.50 bits per heavy atom. The van der Waals surface area contributed by atoms with Crippen LogP contribution in [0.1, 0.15) is 26.3 Å². The van der Waals surface area contributed by atoms with Crippen LogP contribution in [0.25, 0.3) is 0 Å². The molecule has 0 aromatic heterocycles. The van der Waals surface area contributed by atoms with Gasteiger partial charge in [0.25, 0.3) is 0 Å². The molecule has 1 rings (SSSR count). The smallest absolute Gasteiger partial charge is 0.126 e. The number of aliphatic hydroxyl groups is 2. The largest absolute Gasteiger partial charge is 0.400 e. The van der Waals surface area contributed by atoms with Crippen LogP contribution in [-0.4, -0.2) is 29.7 Å². The van der Waals surface area contributed by atoms with Gasteiger partial charge in [-0.05, 0) is 27.7 Å². The molecule has 0 atom stereocenters. The highest BCUT2D eigenvalue weighted by atomic mass is 16.2. The number of hydrogen-bond acceptors (Lipinski definition) is 3. The van der Waals surface area contributed by atoms with Gasteiger partial charge in [0.1, 0.15) is 5.78 Å². The molecule has 0 saturated heterocycles. The molecular formula is C13H24O3. The van der Waals surface area contributed by atoms with Crippen molar-refractivity contribution in [2.75, 3.05) is 13.7 Å². The lowest BCUT2D eigenvalue weighted by Crippen LogP contribution is -1.69. The Balaban J connectivity index is -0.000000163. The first-order valence-electron chi connectivity index (χ1n) is 5.09. The summed E-state index contributed by atoms with van der Waals surface area (Å²) in [6.45, 7) is 7.07. The van der Waals surface area contributed by atoms with Crippen molar-refractivity contribution < 1.29 is 15.0 Å². The SMILES string of the molecule is CC(C)=O.CCO.CO.Cc1ccccc1. The quantitative estimate of drug-likeness (QED) is 0.715. The van der Waals surface area contributed by atoms with Gasteiger partial charge < -0.3 is 15.0 Å². The Morgan fingerprint density at radius 2 is 1.38 bits per heavy atom. The average molecular weight is 228 g/mol. The van der Waals surface area contributed by atoms with Crippen LogP contribution in [0.15, 0.2) is 30.3 Å². The summed E-state index contributed by atoms with van der Waals surface area (Å²) >= 11 is 0. The van der Waals surface area contributed by atoms with Crippen molar-refractivity contribution in [2.24, 2.45) is 0 Å². The van der Waals surface area contributed by atoms with Gasteiger partial charge in [0.2, 0.25) is 0 Å². The first kappa shape index (κ1) is 20.3. The summed E-state index contributed by atoms with van der Waals surface area (Å²) < 4.78 is 0. The van der Waals surface area contributed by atoms with Crippen molar-refractivity contribution in [3.8, 4) is 0 Å². The molecule has 0 radical (unpaired) electrons. The van der Waals surface area contributed by atoms with E-state index in [0.29, 0.717) is 0 Å². The molecule has 0 fully saturated rings. The monoisotopic (exact) mass is 228 g/mol. The number of aryl methyl sites for hydroxylation is 1. The molecule has 0 aliphatic rings. The second-order valence-corrected chi connectivity index (χ2v) is 2.88. The zero-order chi connectivity index (χ0) is 13.4. The van der Waals surface area contributed by atoms with E-state index in [2.05, 4.69) is 19.1 Å². The van der Waals surface area contributed by atoms with Crippen molar-refractivity contribution in [1.29, 1.82) is 0 Å². The molecule has 2 N–H and O–H groups in total. The average Bonchev–Trinajstić information content (AvgIpc) is 2.22. The van der Waals surface area contributed by atoms with Gasteiger partial charge in [-0.1, -0.05) is 35.9 Å². The van der Waals surface area contributed by atoms with E-state index in [9.17, 15) is 4.79 Å². The van der Waals surface area contributed by atoms with Gasteiger partial charge in [-0.25, -0.2) is 0 Å². The van der Waals surface area contributed by atoms with Crippen molar-refractivity contribution in [3.63, 3.8) is 0 Å². The van der Waals surface area contributed by atoms with Gasteiger partial charge >= 0.3 is 0 Å². The highest BCUT2D eigenvalue weighted by Gasteiger charge is 1.72. The maximum atomic E-state index is 9.44. The summed E-state index contributed by atoms with van der Waals surface area (Å²) in [5, 5.41) is 14.6. The number of benzene rings is 1. The molecule has 0 amide bonds. The molecule has 0 saturated carbocycles. The van der Waals surface area contributed by atoms with E-state index in [1.165, 1.54) is 19.4 Å². The molecule has 0 bridgehead atoms. The molecule has 0 spiro atoms. The molecule has 0 heterocycles. The number of rotatable bonds is 0. The van der Waals surface area contributed by atoms with Crippen LogP contribution < -0.4 is 0 Å². The predicted octanol–water partition coefficient (Wildman–Crippen LogP) is 2.20. The summed E-state index contributed by atoms with van der Waals surface area (Å²) in [6, 6.07) is 10.3. The number of ketones is 1. The Kier molecular flexibility index (Phi) is 24.5. The van der Waals surface area contributed by atoms with Crippen LogP contribution in [-0.2, 0) is 4.79 Å². The molecule has 16 heavy (non-hydrogen) atoms. The maximum absolute atomic E-state index is 9.44. The van der Waals surface area contributed by atoms with Gasteiger partial charge in [-0.3, -0.25) is 0 Å². The number of carbonyl (C=O) groups excluding carboxylic acids is 1. The number of Topliss-reactive ketones (excluding diaryl/α,β-unsaturated/α-hetero) is 1. The molecule has 1 aromatic carbocycles. The summed E-state index contributed by atoms with van der Waals surface area (Å²) in [5.41, 5.74) is 1.32. The lowest BCUT2D eigenvalue weighted by molar-refractivity contribution is -0.114. The fourth-order valence-electron chi connectivity index (χ4n) is 0.534. The van der Waals surface area contributed by atoms with E-state index in [0.717, 1.165) is 7.11 Å². The molecule has 0 unspecified atom stereocenters. The number of hydrogen-bond donors (Lipinski definition) is 2. The molecule has 3 nitrogen and oxygen atoms in total. The zero-order valence-corrected chi connectivity index (χ0v) is 10.9. The minimum absolute atomic E-state index is 0.167. The Bertz CT molecular complexity index is 216. The van der Waals surface area contributed by atoms with Crippen molar-refractivity contribution in [1.82, 2.24) is 0 Å². The van der Waals surface area contributed by atoms with Crippen LogP contribution >= 0.6 is 0 Å². The highest BCUT2D eigenvalue weighted by Crippen LogP contribution is 1.92. The topological polar surface area (TPSA) is 57.5 Å². The van der Waals surface area contributed by atoms with Crippen LogP contribution in [0.3, 0.4) is 0 Å². The van der Waals surface area contributed by atoms with Gasteiger partial charge in [0, 0.05) is 13.7 Å². The van der Waals surface area contributed by atoms with Crippen LogP contribution in [0.5, 0.6) is 0 Å². The van der Waals surface area contributed by atoms with E-state index < -0.39 is 0 Å². The fourth-order valence-corrected chi connectivity index (χ4v) is 0.534. The Labute approximate surface area is 98.8 Å². The molecule has 94 valence electrons. The minimum atomic E-state index is 0.167. The fraction of sp³-hybridized carbons (Fsp3) is 0.462. The molecular weight excluding hydrogens is 204 g/mol. The summed E-state index contributed by atoms with van der Waals surface area (Å²) in [6.07, 6.45) is 0. The second kappa shape index (κ2) is 19.4. The van der Waals surface area contributed by atoms with E-state index in [1.54, 1.807) is 6.92 Å². The zero-order valence-electron chi connectivity index (χ0n) is 10.9. The minimum Gasteiger partial charge on any atom is -0.400 e. The summed E-state index contributed by atoms with van der Waals surface area (Å²) in [4.78, 5) is 9.44. The van der Waals surface area contributed by atoms with Gasteiger partial charge in [0.15, 0.2) is 0 Å². The number of carbonyl (C=O) groups is 1. The van der Waals surface area contributed by atoms with Crippen LogP contribution in [0.4, 0.5) is 0 Å². The standard InChI is InChI=1S/C7H8.C3H6O.C2H6O.CH4O/c1-7-5-3-2-4-6-7;1-3(2)4;1-2-3;1-2/h2-6H,1H3;1-2H3;3H,2H2,1H3;2H,1H3. The third-order valence-electron chi connectivity index (χ3n) is 0.940. The van der Waals surface area contributed by atoms with Crippen molar-refractivity contribution >= 4 is 5.78 Å². The Morgan fingerprint density at radius 1 is 1.12 bits per heavy atom. The molecule has 0 aliphatic carbocycles. The van der Waals surface area contributed by atoms with E-state index >= 15 is 0 Å². The highest BCUT2D eigenvalue weighted by molar-refractivity contribution is 5.72. The van der Waals surface area contributed by atoms with Gasteiger partial charge in [-0.2, -0.15) is 0 Å². The maximum Gasteiger partial charge on any atom is 0.126 e. The van der Waals surface area contributed by atoms with Crippen molar-refractivity contribution in [2.45, 2.75) is 27.7 Å². The first-order valence-corrected chi connectivity index (χ1v) is 5.09. The first-order chi connectivity index (χ1) is 7.54. The molecule has 3 heteroatoms. The predicted molar refractivity (Wildman–Crippen MR) is 68.4 cm³/mol. The Hall–Kier alpha value is -1.19. The summed E-state index contributed by atoms with van der Waals surface area (Å²) in [7, 11) is 1.00. The normalized spacial score (nSPS) is 6.94. The van der Waals surface area contributed by atoms with E-state index in [1.807, 2.05) is 18.2 Å². The molecule has 1 aromatic rings. The van der Waals surface area contributed by atoms with Crippen LogP contribution in [0, 0.1) is 6.92 Å². The van der Waals surface area contributed by atoms with Crippen molar-refractivity contribution in [3.05, 3.63) is 35.9 Å².